The Morgan fingerprint density at radius 2 is 1.72 bits per heavy atom. The molecule has 0 spiro atoms. The van der Waals surface area contributed by atoms with Gasteiger partial charge in [0.25, 0.3) is 11.8 Å². The number of carbonyl (C=O) groups is 2. The van der Waals surface area contributed by atoms with Gasteiger partial charge in [-0.2, -0.15) is 0 Å². The first-order valence-corrected chi connectivity index (χ1v) is 7.83. The zero-order valence-corrected chi connectivity index (χ0v) is 13.5. The maximum absolute atomic E-state index is 13.9. The first-order chi connectivity index (χ1) is 12.1. The molecule has 2 amide bonds. The first-order valence-electron chi connectivity index (χ1n) is 7.83. The van der Waals surface area contributed by atoms with Crippen LogP contribution in [0.2, 0.25) is 0 Å². The van der Waals surface area contributed by atoms with Gasteiger partial charge in [-0.25, -0.2) is 4.39 Å². The Balaban J connectivity index is 2.24. The summed E-state index contributed by atoms with van der Waals surface area (Å²) in [5.74, 6) is -1.53. The Hall–Kier alpha value is -2.99. The molecule has 2 aromatic carbocycles. The maximum Gasteiger partial charge on any atom is 0.267 e. The Morgan fingerprint density at radius 3 is 2.40 bits per heavy atom. The number of nitrogens with one attached hydrogen (secondary N) is 2. The van der Waals surface area contributed by atoms with Crippen LogP contribution in [0.1, 0.15) is 22.3 Å². The highest BCUT2D eigenvalue weighted by Gasteiger charge is 2.15. The molecular formula is C19H19FN2O3. The molecule has 0 fully saturated rings. The number of halogens is 1. The summed E-state index contributed by atoms with van der Waals surface area (Å²) in [7, 11) is 0. The average Bonchev–Trinajstić information content (AvgIpc) is 2.63. The fourth-order valence-electron chi connectivity index (χ4n) is 2.07. The average molecular weight is 342 g/mol. The molecule has 0 aliphatic rings. The summed E-state index contributed by atoms with van der Waals surface area (Å²) in [6, 6.07) is 14.4. The predicted molar refractivity (Wildman–Crippen MR) is 93.0 cm³/mol. The molecule has 0 saturated heterocycles. The molecule has 0 saturated carbocycles. The van der Waals surface area contributed by atoms with Gasteiger partial charge in [0.05, 0.1) is 0 Å². The quantitative estimate of drug-likeness (QED) is 0.533. The molecule has 0 bridgehead atoms. The van der Waals surface area contributed by atoms with Crippen molar-refractivity contribution in [3.05, 3.63) is 77.2 Å². The summed E-state index contributed by atoms with van der Waals surface area (Å²) in [5, 5.41) is 13.9. The first kappa shape index (κ1) is 18.4. The van der Waals surface area contributed by atoms with Crippen molar-refractivity contribution in [3.63, 3.8) is 0 Å². The summed E-state index contributed by atoms with van der Waals surface area (Å²) < 4.78 is 13.9. The Morgan fingerprint density at radius 1 is 1.04 bits per heavy atom. The molecule has 0 radical (unpaired) electrons. The number of rotatable bonds is 7. The molecule has 2 rings (SSSR count). The van der Waals surface area contributed by atoms with Gasteiger partial charge in [-0.15, -0.1) is 0 Å². The monoisotopic (exact) mass is 342 g/mol. The van der Waals surface area contributed by atoms with Crippen molar-refractivity contribution in [2.45, 2.75) is 6.42 Å². The summed E-state index contributed by atoms with van der Waals surface area (Å²) in [6.07, 6.45) is 1.66. The molecule has 0 aliphatic carbocycles. The zero-order chi connectivity index (χ0) is 18.1. The fraction of sp³-hybridized carbons (Fsp3) is 0.158. The fourth-order valence-corrected chi connectivity index (χ4v) is 2.07. The number of benzene rings is 2. The van der Waals surface area contributed by atoms with E-state index in [1.165, 1.54) is 24.3 Å². The maximum atomic E-state index is 13.9. The molecule has 130 valence electrons. The van der Waals surface area contributed by atoms with Crippen LogP contribution in [0.4, 0.5) is 4.39 Å². The van der Waals surface area contributed by atoms with Gasteiger partial charge in [-0.05, 0) is 30.7 Å². The number of hydrogen-bond donors (Lipinski definition) is 3. The van der Waals surface area contributed by atoms with E-state index in [0.29, 0.717) is 12.0 Å². The minimum Gasteiger partial charge on any atom is -0.396 e. The number of aliphatic hydroxyl groups excluding tert-OH is 1. The standard InChI is InChI=1S/C19H19FN2O3/c20-16-10-5-4-9-15(16)13-17(19(25)21-11-6-12-23)22-18(24)14-7-2-1-3-8-14/h1-5,7-10,13,23H,6,11-12H2,(H,21,25)(H,22,24)/b17-13-. The van der Waals surface area contributed by atoms with E-state index in [2.05, 4.69) is 10.6 Å². The smallest absolute Gasteiger partial charge is 0.267 e. The lowest BCUT2D eigenvalue weighted by atomic mass is 10.1. The van der Waals surface area contributed by atoms with Gasteiger partial charge in [-0.3, -0.25) is 9.59 Å². The van der Waals surface area contributed by atoms with Crippen molar-refractivity contribution >= 4 is 17.9 Å². The largest absolute Gasteiger partial charge is 0.396 e. The van der Waals surface area contributed by atoms with E-state index in [-0.39, 0.29) is 24.4 Å². The molecule has 3 N–H and O–H groups in total. The van der Waals surface area contributed by atoms with Crippen molar-refractivity contribution in [1.82, 2.24) is 10.6 Å². The second-order valence-electron chi connectivity index (χ2n) is 5.23. The van der Waals surface area contributed by atoms with Crippen LogP contribution in [0.5, 0.6) is 0 Å². The predicted octanol–water partition coefficient (Wildman–Crippen LogP) is 2.10. The molecule has 5 nitrogen and oxygen atoms in total. The molecule has 0 heterocycles. The van der Waals surface area contributed by atoms with Gasteiger partial charge in [0, 0.05) is 24.3 Å². The van der Waals surface area contributed by atoms with Crippen LogP contribution in [-0.2, 0) is 4.79 Å². The summed E-state index contributed by atoms with van der Waals surface area (Å²) in [4.78, 5) is 24.6. The molecule has 25 heavy (non-hydrogen) atoms. The van der Waals surface area contributed by atoms with Crippen LogP contribution in [0, 0.1) is 5.82 Å². The van der Waals surface area contributed by atoms with Crippen LogP contribution >= 0.6 is 0 Å². The minimum atomic E-state index is -0.555. The lowest BCUT2D eigenvalue weighted by Crippen LogP contribution is -2.35. The van der Waals surface area contributed by atoms with Crippen LogP contribution in [0.3, 0.4) is 0 Å². The second kappa shape index (κ2) is 9.34. The lowest BCUT2D eigenvalue weighted by Gasteiger charge is -2.11. The van der Waals surface area contributed by atoms with Crippen molar-refractivity contribution < 1.29 is 19.1 Å². The zero-order valence-electron chi connectivity index (χ0n) is 13.5. The molecule has 0 aromatic heterocycles. The number of amides is 2. The van der Waals surface area contributed by atoms with Crippen LogP contribution in [0.25, 0.3) is 6.08 Å². The molecule has 0 atom stereocenters. The van der Waals surface area contributed by atoms with Crippen LogP contribution < -0.4 is 10.6 Å². The third-order valence-electron chi connectivity index (χ3n) is 3.35. The molecule has 0 aliphatic heterocycles. The van der Waals surface area contributed by atoms with Gasteiger partial charge >= 0.3 is 0 Å². The third kappa shape index (κ3) is 5.54. The van der Waals surface area contributed by atoms with E-state index in [4.69, 9.17) is 5.11 Å². The normalized spacial score (nSPS) is 11.0. The van der Waals surface area contributed by atoms with Gasteiger partial charge < -0.3 is 15.7 Å². The van der Waals surface area contributed by atoms with E-state index in [1.807, 2.05) is 0 Å². The molecule has 6 heteroatoms. The van der Waals surface area contributed by atoms with Crippen molar-refractivity contribution in [1.29, 1.82) is 0 Å². The second-order valence-corrected chi connectivity index (χ2v) is 5.23. The highest BCUT2D eigenvalue weighted by Crippen LogP contribution is 2.11. The van der Waals surface area contributed by atoms with Gasteiger partial charge in [0.15, 0.2) is 0 Å². The Labute approximate surface area is 145 Å². The highest BCUT2D eigenvalue weighted by molar-refractivity contribution is 6.05. The topological polar surface area (TPSA) is 78.4 Å². The van der Waals surface area contributed by atoms with E-state index < -0.39 is 17.6 Å². The summed E-state index contributed by atoms with van der Waals surface area (Å²) in [6.45, 7) is 0.175. The van der Waals surface area contributed by atoms with E-state index in [1.54, 1.807) is 36.4 Å². The van der Waals surface area contributed by atoms with Crippen LogP contribution in [-0.4, -0.2) is 30.1 Å². The van der Waals surface area contributed by atoms with E-state index in [9.17, 15) is 14.0 Å². The van der Waals surface area contributed by atoms with Crippen LogP contribution in [0.15, 0.2) is 60.3 Å². The lowest BCUT2D eigenvalue weighted by molar-refractivity contribution is -0.117. The van der Waals surface area contributed by atoms with Crippen molar-refractivity contribution in [2.75, 3.05) is 13.2 Å². The highest BCUT2D eigenvalue weighted by atomic mass is 19.1. The van der Waals surface area contributed by atoms with Crippen molar-refractivity contribution in [2.24, 2.45) is 0 Å². The minimum absolute atomic E-state index is 0.0665. The van der Waals surface area contributed by atoms with Crippen molar-refractivity contribution in [3.8, 4) is 0 Å². The van der Waals surface area contributed by atoms with Gasteiger partial charge in [-0.1, -0.05) is 36.4 Å². The van der Waals surface area contributed by atoms with Gasteiger partial charge in [0.2, 0.25) is 0 Å². The molecular weight excluding hydrogens is 323 g/mol. The number of aliphatic hydroxyl groups is 1. The third-order valence-corrected chi connectivity index (χ3v) is 3.35. The Kier molecular flexibility index (Phi) is 6.86. The van der Waals surface area contributed by atoms with E-state index >= 15 is 0 Å². The summed E-state index contributed by atoms with van der Waals surface area (Å²) >= 11 is 0. The summed E-state index contributed by atoms with van der Waals surface area (Å²) in [5.41, 5.74) is 0.491. The number of carbonyl (C=O) groups excluding carboxylic acids is 2. The molecule has 2 aromatic rings. The molecule has 0 unspecified atom stereocenters. The van der Waals surface area contributed by atoms with E-state index in [0.717, 1.165) is 0 Å². The van der Waals surface area contributed by atoms with Gasteiger partial charge in [0.1, 0.15) is 11.5 Å². The number of hydrogen-bond acceptors (Lipinski definition) is 3. The SMILES string of the molecule is O=C(NCCCO)/C(=C/c1ccccc1F)NC(=O)c1ccccc1. The Bertz CT molecular complexity index is 760.